The van der Waals surface area contributed by atoms with Crippen LogP contribution in [0.3, 0.4) is 0 Å². The maximum atomic E-state index is 9.51. The van der Waals surface area contributed by atoms with Crippen molar-refractivity contribution in [1.82, 2.24) is 0 Å². The topological polar surface area (TPSA) is 20.2 Å². The number of benzene rings is 1. The van der Waals surface area contributed by atoms with Gasteiger partial charge in [-0.25, -0.2) is 0 Å². The fourth-order valence-corrected chi connectivity index (χ4v) is 1.38. The molecule has 1 rings (SSSR count). The summed E-state index contributed by atoms with van der Waals surface area (Å²) in [5, 5.41) is 9.51. The molecule has 0 heterocycles. The molecule has 1 nitrogen and oxygen atoms in total. The summed E-state index contributed by atoms with van der Waals surface area (Å²) >= 11 is 3.24. The van der Waals surface area contributed by atoms with E-state index in [0.717, 1.165) is 16.5 Å². The van der Waals surface area contributed by atoms with Gasteiger partial charge in [0.05, 0.1) is 4.47 Å². The first-order valence-corrected chi connectivity index (χ1v) is 4.45. The number of aryl methyl sites for hydroxylation is 1. The Bertz CT molecular complexity index is 312. The summed E-state index contributed by atoms with van der Waals surface area (Å²) in [6.07, 6.45) is 6.50. The molecule has 0 saturated heterocycles. The van der Waals surface area contributed by atoms with Crippen LogP contribution >= 0.6 is 15.9 Å². The Morgan fingerprint density at radius 3 is 2.92 bits per heavy atom. The minimum absolute atomic E-state index is 0.299. The minimum Gasteiger partial charge on any atom is -0.506 e. The summed E-state index contributed by atoms with van der Waals surface area (Å²) in [7, 11) is 0. The average molecular weight is 225 g/mol. The van der Waals surface area contributed by atoms with E-state index in [2.05, 4.69) is 21.9 Å². The summed E-state index contributed by atoms with van der Waals surface area (Å²) in [5.74, 6) is 2.84. The third-order valence-electron chi connectivity index (χ3n) is 1.61. The average Bonchev–Trinajstić information content (AvgIpc) is 2.08. The summed E-state index contributed by atoms with van der Waals surface area (Å²) in [4.78, 5) is 0. The number of hydrogen-bond donors (Lipinski definition) is 1. The van der Waals surface area contributed by atoms with Crippen molar-refractivity contribution in [2.45, 2.75) is 12.8 Å². The van der Waals surface area contributed by atoms with E-state index in [1.165, 1.54) is 0 Å². The number of phenols is 1. The van der Waals surface area contributed by atoms with Gasteiger partial charge in [0.2, 0.25) is 0 Å². The summed E-state index contributed by atoms with van der Waals surface area (Å²) in [5.41, 5.74) is 0.891. The Kier molecular flexibility index (Phi) is 3.19. The fraction of sp³-hybridized carbons (Fsp3) is 0.200. The Morgan fingerprint density at radius 2 is 2.25 bits per heavy atom. The van der Waals surface area contributed by atoms with Crippen LogP contribution in [0.4, 0.5) is 0 Å². The molecule has 2 heteroatoms. The quantitative estimate of drug-likeness (QED) is 0.767. The highest BCUT2D eigenvalue weighted by molar-refractivity contribution is 9.10. The molecule has 1 aromatic carbocycles. The highest BCUT2D eigenvalue weighted by Crippen LogP contribution is 2.27. The number of para-hydroxylation sites is 1. The van der Waals surface area contributed by atoms with Crippen LogP contribution in [0.5, 0.6) is 5.75 Å². The molecule has 12 heavy (non-hydrogen) atoms. The lowest BCUT2D eigenvalue weighted by molar-refractivity contribution is 0.465. The predicted molar refractivity (Wildman–Crippen MR) is 53.0 cm³/mol. The van der Waals surface area contributed by atoms with Gasteiger partial charge in [-0.05, 0) is 34.0 Å². The molecule has 0 atom stereocenters. The molecule has 0 aliphatic carbocycles. The van der Waals surface area contributed by atoms with Gasteiger partial charge < -0.3 is 5.11 Å². The predicted octanol–water partition coefficient (Wildman–Crippen LogP) is 2.72. The zero-order chi connectivity index (χ0) is 8.97. The van der Waals surface area contributed by atoms with Crippen LogP contribution in [0.15, 0.2) is 22.7 Å². The second kappa shape index (κ2) is 4.18. The molecule has 0 unspecified atom stereocenters. The lowest BCUT2D eigenvalue weighted by Crippen LogP contribution is -1.84. The van der Waals surface area contributed by atoms with Crippen LogP contribution < -0.4 is 0 Å². The van der Waals surface area contributed by atoms with Gasteiger partial charge in [0.15, 0.2) is 0 Å². The molecule has 0 fully saturated rings. The molecule has 0 aromatic heterocycles. The van der Waals surface area contributed by atoms with Crippen LogP contribution in [0.1, 0.15) is 12.0 Å². The van der Waals surface area contributed by atoms with E-state index >= 15 is 0 Å². The van der Waals surface area contributed by atoms with Crippen LogP contribution in [0.2, 0.25) is 0 Å². The molecule has 1 N–H and O–H groups in total. The van der Waals surface area contributed by atoms with Gasteiger partial charge in [-0.1, -0.05) is 12.1 Å². The minimum atomic E-state index is 0.299. The second-order valence-corrected chi connectivity index (χ2v) is 3.31. The zero-order valence-corrected chi connectivity index (χ0v) is 8.13. The van der Waals surface area contributed by atoms with Crippen molar-refractivity contribution in [1.29, 1.82) is 0 Å². The summed E-state index contributed by atoms with van der Waals surface area (Å²) in [6, 6.07) is 5.56. The first-order chi connectivity index (χ1) is 5.75. The molecular formula is C10H9BrO. The lowest BCUT2D eigenvalue weighted by Gasteiger charge is -2.02. The van der Waals surface area contributed by atoms with E-state index in [9.17, 15) is 5.11 Å². The van der Waals surface area contributed by atoms with Gasteiger partial charge in [0.25, 0.3) is 0 Å². The van der Waals surface area contributed by atoms with Crippen molar-refractivity contribution in [3.05, 3.63) is 28.2 Å². The molecule has 62 valence electrons. The van der Waals surface area contributed by atoms with Gasteiger partial charge in [-0.15, -0.1) is 12.3 Å². The molecule has 0 aliphatic heterocycles. The van der Waals surface area contributed by atoms with E-state index in [1.807, 2.05) is 12.1 Å². The van der Waals surface area contributed by atoms with E-state index < -0.39 is 0 Å². The zero-order valence-electron chi connectivity index (χ0n) is 6.55. The number of phenolic OH excluding ortho intramolecular Hbond substituents is 1. The molecule has 0 radical (unpaired) electrons. The molecule has 0 saturated carbocycles. The maximum Gasteiger partial charge on any atom is 0.132 e. The Balaban J connectivity index is 2.86. The van der Waals surface area contributed by atoms with Crippen molar-refractivity contribution in [3.63, 3.8) is 0 Å². The Labute approximate surface area is 80.6 Å². The number of aromatic hydroxyl groups is 1. The summed E-state index contributed by atoms with van der Waals surface area (Å²) < 4.78 is 0.719. The summed E-state index contributed by atoms with van der Waals surface area (Å²) in [6.45, 7) is 0. The first kappa shape index (κ1) is 9.15. The van der Waals surface area contributed by atoms with Crippen molar-refractivity contribution in [2.75, 3.05) is 0 Å². The number of hydrogen-bond acceptors (Lipinski definition) is 1. The Morgan fingerprint density at radius 1 is 1.50 bits per heavy atom. The number of halogens is 1. The highest BCUT2D eigenvalue weighted by Gasteiger charge is 2.02. The van der Waals surface area contributed by atoms with Crippen LogP contribution in [0.25, 0.3) is 0 Å². The second-order valence-electron chi connectivity index (χ2n) is 2.45. The van der Waals surface area contributed by atoms with E-state index in [1.54, 1.807) is 6.07 Å². The molecule has 1 aromatic rings. The van der Waals surface area contributed by atoms with Crippen molar-refractivity contribution in [3.8, 4) is 18.1 Å². The normalized spacial score (nSPS) is 9.33. The fourth-order valence-electron chi connectivity index (χ4n) is 0.969. The van der Waals surface area contributed by atoms with Crippen molar-refractivity contribution >= 4 is 15.9 Å². The van der Waals surface area contributed by atoms with Crippen molar-refractivity contribution in [2.24, 2.45) is 0 Å². The highest BCUT2D eigenvalue weighted by atomic mass is 79.9. The van der Waals surface area contributed by atoms with Crippen molar-refractivity contribution < 1.29 is 5.11 Å². The SMILES string of the molecule is C#CCCc1cccc(Br)c1O. The van der Waals surface area contributed by atoms with Gasteiger partial charge in [0, 0.05) is 6.42 Å². The van der Waals surface area contributed by atoms with E-state index in [-0.39, 0.29) is 0 Å². The van der Waals surface area contributed by atoms with Crippen LogP contribution in [-0.4, -0.2) is 5.11 Å². The standard InChI is InChI=1S/C10H9BrO/c1-2-3-5-8-6-4-7-9(11)10(8)12/h1,4,6-7,12H,3,5H2. The third-order valence-corrected chi connectivity index (χ3v) is 2.25. The lowest BCUT2D eigenvalue weighted by atomic mass is 10.1. The number of terminal acetylenes is 1. The molecular weight excluding hydrogens is 216 g/mol. The van der Waals surface area contributed by atoms with Gasteiger partial charge >= 0.3 is 0 Å². The smallest absolute Gasteiger partial charge is 0.132 e. The first-order valence-electron chi connectivity index (χ1n) is 3.65. The maximum absolute atomic E-state index is 9.51. The van der Waals surface area contributed by atoms with Gasteiger partial charge in [-0.3, -0.25) is 0 Å². The van der Waals surface area contributed by atoms with E-state index in [4.69, 9.17) is 6.42 Å². The van der Waals surface area contributed by atoms with E-state index in [0.29, 0.717) is 12.2 Å². The number of rotatable bonds is 2. The molecule has 0 amide bonds. The molecule has 0 bridgehead atoms. The van der Waals surface area contributed by atoms with Crippen LogP contribution in [0, 0.1) is 12.3 Å². The van der Waals surface area contributed by atoms with Crippen LogP contribution in [-0.2, 0) is 6.42 Å². The molecule has 0 aliphatic rings. The Hall–Kier alpha value is -0.940. The largest absolute Gasteiger partial charge is 0.506 e. The third kappa shape index (κ3) is 2.02. The molecule has 0 spiro atoms. The monoisotopic (exact) mass is 224 g/mol. The van der Waals surface area contributed by atoms with Gasteiger partial charge in [0.1, 0.15) is 5.75 Å². The van der Waals surface area contributed by atoms with Gasteiger partial charge in [-0.2, -0.15) is 0 Å².